The lowest BCUT2D eigenvalue weighted by molar-refractivity contribution is 0.104. The molecule has 0 unspecified atom stereocenters. The zero-order chi connectivity index (χ0) is 15.9. The number of phenols is 1. The Morgan fingerprint density at radius 1 is 1.18 bits per heavy atom. The first kappa shape index (κ1) is 15.7. The zero-order valence-corrected chi connectivity index (χ0v) is 15.4. The average molecular weight is 441 g/mol. The van der Waals surface area contributed by atoms with Gasteiger partial charge in [-0.1, -0.05) is 0 Å². The van der Waals surface area contributed by atoms with Gasteiger partial charge < -0.3 is 5.11 Å². The Labute approximate surface area is 148 Å². The van der Waals surface area contributed by atoms with E-state index in [1.54, 1.807) is 12.1 Å². The maximum absolute atomic E-state index is 12.8. The smallest absolute Gasteiger partial charge is 0.203 e. The van der Waals surface area contributed by atoms with Gasteiger partial charge >= 0.3 is 0 Å². The van der Waals surface area contributed by atoms with Gasteiger partial charge in [-0.05, 0) is 80.8 Å². The standard InChI is InChI=1S/C16H11Br2NO2S/c17-11-5-8(6-12(18)15(11)21)14(20)16-10-4-2-1-3-9(10)13(7-19)22-16/h5-6,21H,1-4H2. The van der Waals surface area contributed by atoms with E-state index >= 15 is 0 Å². The van der Waals surface area contributed by atoms with Crippen molar-refractivity contribution in [3.63, 3.8) is 0 Å². The van der Waals surface area contributed by atoms with Gasteiger partial charge in [0.15, 0.2) is 0 Å². The van der Waals surface area contributed by atoms with Crippen LogP contribution in [0.1, 0.15) is 44.1 Å². The molecule has 1 aromatic carbocycles. The number of hydrogen-bond donors (Lipinski definition) is 1. The Balaban J connectivity index is 2.10. The van der Waals surface area contributed by atoms with E-state index in [0.717, 1.165) is 36.8 Å². The molecular weight excluding hydrogens is 430 g/mol. The molecule has 0 amide bonds. The van der Waals surface area contributed by atoms with Gasteiger partial charge in [-0.25, -0.2) is 0 Å². The number of rotatable bonds is 2. The van der Waals surface area contributed by atoms with Crippen LogP contribution in [0.3, 0.4) is 0 Å². The molecular formula is C16H11Br2NO2S. The molecule has 22 heavy (non-hydrogen) atoms. The summed E-state index contributed by atoms with van der Waals surface area (Å²) in [5, 5.41) is 19.1. The Hall–Kier alpha value is -1.16. The van der Waals surface area contributed by atoms with Crippen molar-refractivity contribution >= 4 is 49.0 Å². The van der Waals surface area contributed by atoms with Crippen LogP contribution >= 0.6 is 43.2 Å². The maximum Gasteiger partial charge on any atom is 0.203 e. The second-order valence-electron chi connectivity index (χ2n) is 5.15. The Morgan fingerprint density at radius 3 is 2.36 bits per heavy atom. The van der Waals surface area contributed by atoms with Gasteiger partial charge in [0.1, 0.15) is 16.7 Å². The Morgan fingerprint density at radius 2 is 1.77 bits per heavy atom. The highest BCUT2D eigenvalue weighted by Crippen LogP contribution is 2.38. The van der Waals surface area contributed by atoms with Crippen LogP contribution in [0.5, 0.6) is 5.75 Å². The predicted molar refractivity (Wildman–Crippen MR) is 92.6 cm³/mol. The predicted octanol–water partition coefficient (Wildman–Crippen LogP) is 4.96. The van der Waals surface area contributed by atoms with Crippen LogP contribution < -0.4 is 0 Å². The number of aromatic hydroxyl groups is 1. The van der Waals surface area contributed by atoms with Crippen molar-refractivity contribution in [3.8, 4) is 11.8 Å². The summed E-state index contributed by atoms with van der Waals surface area (Å²) in [6.07, 6.45) is 3.86. The SMILES string of the molecule is N#Cc1sc(C(=O)c2cc(Br)c(O)c(Br)c2)c2c1CCCC2. The van der Waals surface area contributed by atoms with Gasteiger partial charge in [-0.3, -0.25) is 4.79 Å². The molecule has 3 rings (SSSR count). The molecule has 1 heterocycles. The lowest BCUT2D eigenvalue weighted by Gasteiger charge is -2.13. The molecule has 0 radical (unpaired) electrons. The number of phenolic OH excluding ortho intramolecular Hbond substituents is 1. The van der Waals surface area contributed by atoms with Crippen LogP contribution in [0.2, 0.25) is 0 Å². The van der Waals surface area contributed by atoms with E-state index in [0.29, 0.717) is 24.3 Å². The second-order valence-corrected chi connectivity index (χ2v) is 7.88. The molecule has 0 fully saturated rings. The van der Waals surface area contributed by atoms with Gasteiger partial charge in [0.2, 0.25) is 5.78 Å². The third-order valence-electron chi connectivity index (χ3n) is 3.81. The zero-order valence-electron chi connectivity index (χ0n) is 11.4. The third-order valence-corrected chi connectivity index (χ3v) is 6.19. The lowest BCUT2D eigenvalue weighted by Crippen LogP contribution is -2.07. The molecule has 0 aliphatic heterocycles. The van der Waals surface area contributed by atoms with Gasteiger partial charge in [-0.2, -0.15) is 5.26 Å². The van der Waals surface area contributed by atoms with E-state index in [4.69, 9.17) is 0 Å². The van der Waals surface area contributed by atoms with E-state index in [9.17, 15) is 15.2 Å². The number of carbonyl (C=O) groups excluding carboxylic acids is 1. The van der Waals surface area contributed by atoms with Crippen LogP contribution in [0.15, 0.2) is 21.1 Å². The van der Waals surface area contributed by atoms with Crippen molar-refractivity contribution in [2.24, 2.45) is 0 Å². The number of benzene rings is 1. The summed E-state index contributed by atoms with van der Waals surface area (Å²) in [5.74, 6) is -0.0199. The van der Waals surface area contributed by atoms with E-state index in [2.05, 4.69) is 37.9 Å². The normalized spacial score (nSPS) is 13.5. The van der Waals surface area contributed by atoms with E-state index in [1.165, 1.54) is 11.3 Å². The van der Waals surface area contributed by atoms with Crippen molar-refractivity contribution in [3.05, 3.63) is 47.5 Å². The van der Waals surface area contributed by atoms with Crippen molar-refractivity contribution in [1.82, 2.24) is 0 Å². The fourth-order valence-corrected chi connectivity index (χ4v) is 5.08. The van der Waals surface area contributed by atoms with E-state index in [1.807, 2.05) is 0 Å². The van der Waals surface area contributed by atoms with Crippen LogP contribution in [0.4, 0.5) is 0 Å². The quantitative estimate of drug-likeness (QED) is 0.671. The van der Waals surface area contributed by atoms with Crippen molar-refractivity contribution < 1.29 is 9.90 Å². The summed E-state index contributed by atoms with van der Waals surface area (Å²) in [6, 6.07) is 5.45. The van der Waals surface area contributed by atoms with Crippen molar-refractivity contribution in [1.29, 1.82) is 5.26 Å². The number of halogens is 2. The second kappa shape index (κ2) is 6.15. The fraction of sp³-hybridized carbons (Fsp3) is 0.250. The van der Waals surface area contributed by atoms with E-state index < -0.39 is 0 Å². The van der Waals surface area contributed by atoms with Crippen molar-refractivity contribution in [2.75, 3.05) is 0 Å². The number of hydrogen-bond acceptors (Lipinski definition) is 4. The molecule has 0 bridgehead atoms. The number of nitrogens with zero attached hydrogens (tertiary/aromatic N) is 1. The molecule has 0 saturated carbocycles. The van der Waals surface area contributed by atoms with Crippen molar-refractivity contribution in [2.45, 2.75) is 25.7 Å². The van der Waals surface area contributed by atoms with Gasteiger partial charge in [0, 0.05) is 5.56 Å². The first-order chi connectivity index (χ1) is 10.5. The van der Waals surface area contributed by atoms with Crippen LogP contribution in [0.25, 0.3) is 0 Å². The highest BCUT2D eigenvalue weighted by Gasteiger charge is 2.26. The van der Waals surface area contributed by atoms with Gasteiger partial charge in [0.25, 0.3) is 0 Å². The van der Waals surface area contributed by atoms with Gasteiger partial charge in [-0.15, -0.1) is 11.3 Å². The molecule has 1 N–H and O–H groups in total. The van der Waals surface area contributed by atoms with E-state index in [-0.39, 0.29) is 11.5 Å². The lowest BCUT2D eigenvalue weighted by atomic mass is 9.90. The Bertz CT molecular complexity index is 797. The molecule has 6 heteroatoms. The van der Waals surface area contributed by atoms with Gasteiger partial charge in [0.05, 0.1) is 13.8 Å². The molecule has 2 aromatic rings. The van der Waals surface area contributed by atoms with Crippen LogP contribution in [-0.2, 0) is 12.8 Å². The summed E-state index contributed by atoms with van der Waals surface area (Å²) in [7, 11) is 0. The highest BCUT2D eigenvalue weighted by atomic mass is 79.9. The minimum atomic E-state index is -0.0916. The minimum absolute atomic E-state index is 0.0717. The minimum Gasteiger partial charge on any atom is -0.506 e. The summed E-state index contributed by atoms with van der Waals surface area (Å²) in [4.78, 5) is 14.2. The summed E-state index contributed by atoms with van der Waals surface area (Å²) >= 11 is 7.79. The maximum atomic E-state index is 12.8. The molecule has 1 aromatic heterocycles. The number of nitriles is 1. The molecule has 0 spiro atoms. The number of ketones is 1. The molecule has 0 saturated heterocycles. The summed E-state index contributed by atoms with van der Waals surface area (Å²) in [6.45, 7) is 0. The average Bonchev–Trinajstić information content (AvgIpc) is 2.90. The number of fused-ring (bicyclic) bond motifs is 1. The first-order valence-corrected chi connectivity index (χ1v) is 9.20. The number of thiophene rings is 1. The first-order valence-electron chi connectivity index (χ1n) is 6.80. The monoisotopic (exact) mass is 439 g/mol. The summed E-state index contributed by atoms with van der Waals surface area (Å²) in [5.41, 5.74) is 2.59. The molecule has 0 atom stereocenters. The molecule has 1 aliphatic rings. The molecule has 112 valence electrons. The highest BCUT2D eigenvalue weighted by molar-refractivity contribution is 9.11. The molecule has 1 aliphatic carbocycles. The fourth-order valence-electron chi connectivity index (χ4n) is 2.73. The topological polar surface area (TPSA) is 61.1 Å². The van der Waals surface area contributed by atoms with Crippen LogP contribution in [0, 0.1) is 11.3 Å². The van der Waals surface area contributed by atoms with Crippen LogP contribution in [-0.4, -0.2) is 10.9 Å². The third kappa shape index (κ3) is 2.62. The summed E-state index contributed by atoms with van der Waals surface area (Å²) < 4.78 is 0.937. The number of carbonyl (C=O) groups is 1. The largest absolute Gasteiger partial charge is 0.506 e. The molecule has 3 nitrogen and oxygen atoms in total. The Kier molecular flexibility index (Phi) is 4.40.